The van der Waals surface area contributed by atoms with Gasteiger partial charge in [-0.1, -0.05) is 29.4 Å². The van der Waals surface area contributed by atoms with Gasteiger partial charge in [0, 0.05) is 49.1 Å². The van der Waals surface area contributed by atoms with E-state index in [0.29, 0.717) is 16.1 Å². The van der Waals surface area contributed by atoms with Gasteiger partial charge < -0.3 is 25.9 Å². The third-order valence-electron chi connectivity index (χ3n) is 5.58. The minimum Gasteiger partial charge on any atom is -0.444 e. The molecule has 0 aliphatic carbocycles. The first kappa shape index (κ1) is 33.0. The predicted octanol–water partition coefficient (Wildman–Crippen LogP) is 2.90. The maximum absolute atomic E-state index is 12.9. The number of nitrogens with two attached hydrogens (primary N) is 1. The van der Waals surface area contributed by atoms with Crippen LogP contribution in [0, 0.1) is 0 Å². The summed E-state index contributed by atoms with van der Waals surface area (Å²) in [5.74, 6) is -1.09. The first-order valence-electron chi connectivity index (χ1n) is 13.1. The second-order valence-electron chi connectivity index (χ2n) is 10.2. The van der Waals surface area contributed by atoms with Crippen molar-refractivity contribution in [1.29, 1.82) is 0 Å². The lowest BCUT2D eigenvalue weighted by Gasteiger charge is -2.27. The number of ether oxygens (including phenoxy) is 1. The lowest BCUT2D eigenvalue weighted by molar-refractivity contribution is -0.140. The van der Waals surface area contributed by atoms with Crippen molar-refractivity contribution in [2.75, 3.05) is 17.4 Å². The van der Waals surface area contributed by atoms with Gasteiger partial charge in [-0.15, -0.1) is 11.3 Å². The maximum Gasteiger partial charge on any atom is 0.407 e. The number of oxime groups is 1. The smallest absolute Gasteiger partial charge is 0.407 e. The van der Waals surface area contributed by atoms with Gasteiger partial charge in [0.15, 0.2) is 5.84 Å². The Kier molecular flexibility index (Phi) is 11.6. The van der Waals surface area contributed by atoms with Gasteiger partial charge in [-0.05, 0) is 50.6 Å². The van der Waals surface area contributed by atoms with Gasteiger partial charge in [0.05, 0.1) is 5.69 Å². The lowest BCUT2D eigenvalue weighted by atomic mass is 10.0. The Morgan fingerprint density at radius 2 is 1.77 bits per heavy atom. The number of thiol groups is 1. The van der Waals surface area contributed by atoms with E-state index in [9.17, 15) is 22.8 Å². The third-order valence-corrected chi connectivity index (χ3v) is 7.32. The largest absolute Gasteiger partial charge is 0.444 e. The van der Waals surface area contributed by atoms with Gasteiger partial charge >= 0.3 is 12.1 Å². The summed E-state index contributed by atoms with van der Waals surface area (Å²) in [5, 5.41) is 11.2. The normalized spacial score (nSPS) is 12.3. The fourth-order valence-electron chi connectivity index (χ4n) is 3.86. The van der Waals surface area contributed by atoms with E-state index in [0.717, 1.165) is 0 Å². The molecule has 43 heavy (non-hydrogen) atoms. The Morgan fingerprint density at radius 1 is 1.07 bits per heavy atom. The molecule has 230 valence electrons. The zero-order chi connectivity index (χ0) is 31.6. The highest BCUT2D eigenvalue weighted by Crippen LogP contribution is 2.32. The van der Waals surface area contributed by atoms with Crippen LogP contribution >= 0.6 is 11.3 Å². The molecule has 1 aromatic heterocycles. The van der Waals surface area contributed by atoms with E-state index in [1.165, 1.54) is 28.6 Å². The zero-order valence-corrected chi connectivity index (χ0v) is 25.8. The van der Waals surface area contributed by atoms with Crippen LogP contribution < -0.4 is 20.7 Å². The molecule has 0 saturated heterocycles. The average Bonchev–Trinajstić information content (AvgIpc) is 3.48. The first-order valence-corrected chi connectivity index (χ1v) is 15.1. The summed E-state index contributed by atoms with van der Waals surface area (Å²) in [7, 11) is -3.18. The second-order valence-corrected chi connectivity index (χ2v) is 12.0. The van der Waals surface area contributed by atoms with Crippen molar-refractivity contribution in [3.63, 3.8) is 0 Å². The average molecular weight is 631 g/mol. The molecule has 0 fully saturated rings. The third kappa shape index (κ3) is 10.4. The number of amidine groups is 1. The van der Waals surface area contributed by atoms with Gasteiger partial charge in [0.1, 0.15) is 16.7 Å². The van der Waals surface area contributed by atoms with Crippen LogP contribution in [0.5, 0.6) is 0 Å². The van der Waals surface area contributed by atoms with E-state index in [4.69, 9.17) is 10.5 Å². The number of thiazole rings is 1. The summed E-state index contributed by atoms with van der Waals surface area (Å²) in [6.07, 6.45) is 1.19. The lowest BCUT2D eigenvalue weighted by Crippen LogP contribution is -2.37. The summed E-state index contributed by atoms with van der Waals surface area (Å²) in [6.45, 7) is 6.71. The minimum atomic E-state index is -3.18. The van der Waals surface area contributed by atoms with Crippen LogP contribution in [0.4, 0.5) is 10.5 Å². The topological polar surface area (TPSA) is 182 Å². The Morgan fingerprint density at radius 3 is 2.42 bits per heavy atom. The molecule has 1 atom stereocenters. The van der Waals surface area contributed by atoms with Crippen LogP contribution in [0.25, 0.3) is 0 Å². The molecule has 0 aliphatic heterocycles. The van der Waals surface area contributed by atoms with Crippen LogP contribution in [0.15, 0.2) is 65.3 Å². The second kappa shape index (κ2) is 15.1. The van der Waals surface area contributed by atoms with Crippen LogP contribution in [-0.4, -0.2) is 55.9 Å². The molecule has 2 aromatic carbocycles. The number of carbonyl (C=O) groups excluding carboxylic acids is 3. The molecule has 2 amide bonds. The summed E-state index contributed by atoms with van der Waals surface area (Å²) >= 11 is 1.29. The fourth-order valence-corrected chi connectivity index (χ4v) is 5.40. The molecule has 0 bridgehead atoms. The standard InChI is InChI=1S/C28H34N6O7S2/c1-18(35)41-33-24(29)20-8-5-7-19(15-20)16-23(26-31-13-14-42-26)34(43(38)39)22-10-6-9-21(17-22)25(36)30-11-12-32-27(37)40-28(2,3)4/h5-10,13-15,17,23,43H,11-12,16H2,1-4H3,(H2,29,33)(H,30,36)(H,32,37). The van der Waals surface area contributed by atoms with Crippen molar-refractivity contribution in [3.05, 3.63) is 81.8 Å². The van der Waals surface area contributed by atoms with E-state index < -0.39 is 40.5 Å². The minimum absolute atomic E-state index is 0.0189. The molecule has 0 aliphatic rings. The highest BCUT2D eigenvalue weighted by molar-refractivity contribution is 7.74. The molecule has 1 unspecified atom stereocenters. The van der Waals surface area contributed by atoms with Crippen molar-refractivity contribution < 1.29 is 32.4 Å². The Bertz CT molecular complexity index is 1530. The first-order chi connectivity index (χ1) is 20.3. The fraction of sp³-hybridized carbons (Fsp3) is 0.321. The van der Waals surface area contributed by atoms with Crippen molar-refractivity contribution in [2.24, 2.45) is 10.9 Å². The molecule has 1 heterocycles. The van der Waals surface area contributed by atoms with E-state index in [1.807, 2.05) is 0 Å². The number of hydrogen-bond donors (Lipinski definition) is 4. The van der Waals surface area contributed by atoms with Crippen molar-refractivity contribution in [1.82, 2.24) is 15.6 Å². The predicted molar refractivity (Wildman–Crippen MR) is 163 cm³/mol. The van der Waals surface area contributed by atoms with Crippen molar-refractivity contribution in [3.8, 4) is 0 Å². The molecule has 3 rings (SSSR count). The van der Waals surface area contributed by atoms with E-state index in [-0.39, 0.29) is 36.6 Å². The number of alkyl carbamates (subject to hydrolysis) is 1. The van der Waals surface area contributed by atoms with Gasteiger partial charge in [-0.2, -0.15) is 0 Å². The number of hydrogen-bond acceptors (Lipinski definition) is 10. The summed E-state index contributed by atoms with van der Waals surface area (Å²) in [6, 6.07) is 12.4. The molecule has 0 radical (unpaired) electrons. The van der Waals surface area contributed by atoms with Crippen molar-refractivity contribution >= 4 is 51.7 Å². The summed E-state index contributed by atoms with van der Waals surface area (Å²) < 4.78 is 31.8. The van der Waals surface area contributed by atoms with Gasteiger partial charge in [0.2, 0.25) is 10.9 Å². The molecule has 0 saturated carbocycles. The molecule has 13 nitrogen and oxygen atoms in total. The molecular weight excluding hydrogens is 596 g/mol. The SMILES string of the molecule is CC(=O)O/N=C(/N)c1cccc(CC(c2nccs2)N(c2cccc(C(=O)NCCNC(=O)OC(C)(C)C)c2)[SH](=O)=O)c1. The highest BCUT2D eigenvalue weighted by atomic mass is 32.2. The number of amides is 2. The summed E-state index contributed by atoms with van der Waals surface area (Å²) in [5.41, 5.74) is 7.00. The zero-order valence-electron chi connectivity index (χ0n) is 24.1. The van der Waals surface area contributed by atoms with Gasteiger partial charge in [0.25, 0.3) is 5.91 Å². The highest BCUT2D eigenvalue weighted by Gasteiger charge is 2.27. The van der Waals surface area contributed by atoms with Crippen LogP contribution in [0.1, 0.15) is 60.2 Å². The molecule has 3 aromatic rings. The van der Waals surface area contributed by atoms with Gasteiger partial charge in [-0.3, -0.25) is 9.10 Å². The van der Waals surface area contributed by atoms with Crippen molar-refractivity contribution in [2.45, 2.75) is 45.8 Å². The number of nitrogens with one attached hydrogen (secondary N) is 2. The van der Waals surface area contributed by atoms with E-state index in [2.05, 4.69) is 25.6 Å². The Hall–Kier alpha value is -4.50. The summed E-state index contributed by atoms with van der Waals surface area (Å²) in [4.78, 5) is 44.8. The number of anilines is 1. The number of benzene rings is 2. The van der Waals surface area contributed by atoms with Crippen LogP contribution in [0.3, 0.4) is 0 Å². The number of rotatable bonds is 12. The number of nitrogens with zero attached hydrogens (tertiary/aromatic N) is 3. The number of aromatic nitrogens is 1. The van der Waals surface area contributed by atoms with Gasteiger partial charge in [-0.25, -0.2) is 23.0 Å². The van der Waals surface area contributed by atoms with Crippen LogP contribution in [-0.2, 0) is 31.7 Å². The molecule has 4 N–H and O–H groups in total. The quantitative estimate of drug-likeness (QED) is 0.0584. The van der Waals surface area contributed by atoms with E-state index in [1.54, 1.807) is 74.8 Å². The molecule has 0 spiro atoms. The van der Waals surface area contributed by atoms with E-state index >= 15 is 0 Å². The maximum atomic E-state index is 12.9. The number of carbonyl (C=O) groups is 3. The molecular formula is C28H34N6O7S2. The Labute approximate surface area is 255 Å². The van der Waals surface area contributed by atoms with Crippen LogP contribution in [0.2, 0.25) is 0 Å². The Balaban J connectivity index is 1.81. The molecule has 15 heteroatoms. The monoisotopic (exact) mass is 630 g/mol.